The Balaban J connectivity index is 1.46. The van der Waals surface area contributed by atoms with Gasteiger partial charge in [0.15, 0.2) is 0 Å². The fourth-order valence-corrected chi connectivity index (χ4v) is 3.15. The highest BCUT2D eigenvalue weighted by molar-refractivity contribution is 7.09. The maximum absolute atomic E-state index is 12.1. The molecule has 134 valence electrons. The molecule has 26 heavy (non-hydrogen) atoms. The SMILES string of the molecule is CCc1ccc(OCCC(=O)Nc2ccc(-c3csc(C)n3)cc2)cc1. The van der Waals surface area contributed by atoms with Gasteiger partial charge in [0, 0.05) is 16.6 Å². The molecule has 5 heteroatoms. The van der Waals surface area contributed by atoms with Gasteiger partial charge in [-0.05, 0) is 43.2 Å². The second kappa shape index (κ2) is 8.63. The maximum atomic E-state index is 12.1. The highest BCUT2D eigenvalue weighted by atomic mass is 32.1. The third-order valence-electron chi connectivity index (χ3n) is 4.01. The van der Waals surface area contributed by atoms with Crippen LogP contribution in [0.1, 0.15) is 23.9 Å². The molecule has 1 aromatic heterocycles. The Bertz CT molecular complexity index is 854. The lowest BCUT2D eigenvalue weighted by atomic mass is 10.1. The van der Waals surface area contributed by atoms with Gasteiger partial charge in [0.25, 0.3) is 0 Å². The number of ether oxygens (including phenoxy) is 1. The van der Waals surface area contributed by atoms with E-state index in [2.05, 4.69) is 17.2 Å². The predicted octanol–water partition coefficient (Wildman–Crippen LogP) is 5.09. The van der Waals surface area contributed by atoms with Crippen LogP contribution in [-0.2, 0) is 11.2 Å². The van der Waals surface area contributed by atoms with E-state index in [0.29, 0.717) is 13.0 Å². The topological polar surface area (TPSA) is 51.2 Å². The molecule has 0 spiro atoms. The fourth-order valence-electron chi connectivity index (χ4n) is 2.53. The fraction of sp³-hybridized carbons (Fsp3) is 0.238. The molecule has 1 N–H and O–H groups in total. The average molecular weight is 366 g/mol. The number of aryl methyl sites for hydroxylation is 2. The van der Waals surface area contributed by atoms with Crippen molar-refractivity contribution in [2.45, 2.75) is 26.7 Å². The van der Waals surface area contributed by atoms with E-state index in [1.165, 1.54) is 5.56 Å². The highest BCUT2D eigenvalue weighted by Crippen LogP contribution is 2.23. The van der Waals surface area contributed by atoms with Crippen molar-refractivity contribution in [3.8, 4) is 17.0 Å². The van der Waals surface area contributed by atoms with Crippen LogP contribution in [0.3, 0.4) is 0 Å². The summed E-state index contributed by atoms with van der Waals surface area (Å²) in [5, 5.41) is 5.97. The van der Waals surface area contributed by atoms with Crippen LogP contribution in [0.15, 0.2) is 53.9 Å². The van der Waals surface area contributed by atoms with Gasteiger partial charge >= 0.3 is 0 Å². The molecule has 0 aliphatic heterocycles. The number of rotatable bonds is 7. The lowest BCUT2D eigenvalue weighted by Gasteiger charge is -2.08. The summed E-state index contributed by atoms with van der Waals surface area (Å²) in [6.07, 6.45) is 1.31. The number of thiazole rings is 1. The second-order valence-electron chi connectivity index (χ2n) is 5.97. The monoisotopic (exact) mass is 366 g/mol. The molecule has 0 fully saturated rings. The van der Waals surface area contributed by atoms with Crippen molar-refractivity contribution < 1.29 is 9.53 Å². The number of anilines is 1. The van der Waals surface area contributed by atoms with E-state index in [-0.39, 0.29) is 5.91 Å². The Hall–Kier alpha value is -2.66. The molecule has 0 aliphatic carbocycles. The summed E-state index contributed by atoms with van der Waals surface area (Å²) in [5.41, 5.74) is 4.06. The van der Waals surface area contributed by atoms with Crippen molar-refractivity contribution in [3.05, 3.63) is 64.5 Å². The summed E-state index contributed by atoms with van der Waals surface area (Å²) < 4.78 is 5.63. The summed E-state index contributed by atoms with van der Waals surface area (Å²) >= 11 is 1.63. The van der Waals surface area contributed by atoms with Crippen LogP contribution in [-0.4, -0.2) is 17.5 Å². The first-order valence-corrected chi connectivity index (χ1v) is 9.56. The molecule has 0 saturated carbocycles. The smallest absolute Gasteiger partial charge is 0.227 e. The summed E-state index contributed by atoms with van der Waals surface area (Å²) in [6.45, 7) is 4.46. The van der Waals surface area contributed by atoms with Crippen molar-refractivity contribution in [1.29, 1.82) is 0 Å². The minimum Gasteiger partial charge on any atom is -0.493 e. The van der Waals surface area contributed by atoms with Gasteiger partial charge in [-0.25, -0.2) is 4.98 Å². The zero-order valence-electron chi connectivity index (χ0n) is 15.0. The van der Waals surface area contributed by atoms with Crippen molar-refractivity contribution in [1.82, 2.24) is 4.98 Å². The van der Waals surface area contributed by atoms with Gasteiger partial charge in [-0.3, -0.25) is 4.79 Å². The Labute approximate surface area is 157 Å². The number of benzene rings is 2. The quantitative estimate of drug-likeness (QED) is 0.634. The number of nitrogens with one attached hydrogen (secondary N) is 1. The van der Waals surface area contributed by atoms with Crippen molar-refractivity contribution >= 4 is 22.9 Å². The molecular formula is C21H22N2O2S. The number of hydrogen-bond acceptors (Lipinski definition) is 4. The Kier molecular flexibility index (Phi) is 6.02. The van der Waals surface area contributed by atoms with Crippen molar-refractivity contribution in [2.24, 2.45) is 0 Å². The first-order valence-electron chi connectivity index (χ1n) is 8.68. The largest absolute Gasteiger partial charge is 0.493 e. The molecular weight excluding hydrogens is 344 g/mol. The van der Waals surface area contributed by atoms with E-state index < -0.39 is 0 Å². The Morgan fingerprint density at radius 2 is 1.85 bits per heavy atom. The first kappa shape index (κ1) is 18.1. The third kappa shape index (κ3) is 4.92. The lowest BCUT2D eigenvalue weighted by Crippen LogP contribution is -2.15. The summed E-state index contributed by atoms with van der Waals surface area (Å²) in [6, 6.07) is 15.7. The van der Waals surface area contributed by atoms with Crippen LogP contribution in [0, 0.1) is 6.92 Å². The molecule has 0 unspecified atom stereocenters. The minimum atomic E-state index is -0.0626. The molecule has 1 heterocycles. The number of amides is 1. The van der Waals surface area contributed by atoms with Gasteiger partial charge < -0.3 is 10.1 Å². The number of carbonyl (C=O) groups is 1. The summed E-state index contributed by atoms with van der Waals surface area (Å²) in [4.78, 5) is 16.5. The summed E-state index contributed by atoms with van der Waals surface area (Å²) in [5.74, 6) is 0.727. The van der Waals surface area contributed by atoms with Crippen LogP contribution in [0.25, 0.3) is 11.3 Å². The zero-order valence-corrected chi connectivity index (χ0v) is 15.8. The molecule has 4 nitrogen and oxygen atoms in total. The molecule has 0 aliphatic rings. The van der Waals surface area contributed by atoms with Crippen LogP contribution >= 0.6 is 11.3 Å². The van der Waals surface area contributed by atoms with E-state index in [1.807, 2.05) is 60.8 Å². The van der Waals surface area contributed by atoms with Gasteiger partial charge in [0.05, 0.1) is 23.7 Å². The van der Waals surface area contributed by atoms with Gasteiger partial charge in [-0.2, -0.15) is 0 Å². The standard InChI is InChI=1S/C21H22N2O2S/c1-3-16-4-10-19(11-5-16)25-13-12-21(24)23-18-8-6-17(7-9-18)20-14-26-15(2)22-20/h4-11,14H,3,12-13H2,1-2H3,(H,23,24). The minimum absolute atomic E-state index is 0.0626. The number of hydrogen-bond donors (Lipinski definition) is 1. The van der Waals surface area contributed by atoms with Crippen LogP contribution in [0.4, 0.5) is 5.69 Å². The zero-order chi connectivity index (χ0) is 18.4. The molecule has 3 rings (SSSR count). The maximum Gasteiger partial charge on any atom is 0.227 e. The predicted molar refractivity (Wildman–Crippen MR) is 107 cm³/mol. The van der Waals surface area contributed by atoms with Crippen molar-refractivity contribution in [2.75, 3.05) is 11.9 Å². The first-order chi connectivity index (χ1) is 12.6. The molecule has 3 aromatic rings. The molecule has 1 amide bonds. The van der Waals surface area contributed by atoms with Crippen LogP contribution in [0.5, 0.6) is 5.75 Å². The van der Waals surface area contributed by atoms with Crippen LogP contribution < -0.4 is 10.1 Å². The highest BCUT2D eigenvalue weighted by Gasteiger charge is 2.05. The number of aromatic nitrogens is 1. The number of carbonyl (C=O) groups excluding carboxylic acids is 1. The molecule has 2 aromatic carbocycles. The second-order valence-corrected chi connectivity index (χ2v) is 7.04. The molecule has 0 radical (unpaired) electrons. The van der Waals surface area contributed by atoms with Crippen LogP contribution in [0.2, 0.25) is 0 Å². The lowest BCUT2D eigenvalue weighted by molar-refractivity contribution is -0.116. The number of nitrogens with zero attached hydrogens (tertiary/aromatic N) is 1. The van der Waals surface area contributed by atoms with E-state index in [9.17, 15) is 4.79 Å². The molecule has 0 atom stereocenters. The summed E-state index contributed by atoms with van der Waals surface area (Å²) in [7, 11) is 0. The third-order valence-corrected chi connectivity index (χ3v) is 4.79. The van der Waals surface area contributed by atoms with Gasteiger partial charge in [-0.1, -0.05) is 31.2 Å². The van der Waals surface area contributed by atoms with Gasteiger partial charge in [-0.15, -0.1) is 11.3 Å². The molecule has 0 bridgehead atoms. The van der Waals surface area contributed by atoms with Crippen molar-refractivity contribution in [3.63, 3.8) is 0 Å². The Morgan fingerprint density at radius 1 is 1.12 bits per heavy atom. The molecule has 0 saturated heterocycles. The van der Waals surface area contributed by atoms with E-state index in [1.54, 1.807) is 11.3 Å². The van der Waals surface area contributed by atoms with E-state index in [0.717, 1.165) is 34.1 Å². The average Bonchev–Trinajstić information content (AvgIpc) is 3.09. The van der Waals surface area contributed by atoms with Gasteiger partial charge in [0.1, 0.15) is 5.75 Å². The Morgan fingerprint density at radius 3 is 2.46 bits per heavy atom. The van der Waals surface area contributed by atoms with E-state index in [4.69, 9.17) is 4.74 Å². The van der Waals surface area contributed by atoms with Gasteiger partial charge in [0.2, 0.25) is 5.91 Å². The van der Waals surface area contributed by atoms with E-state index >= 15 is 0 Å². The normalized spacial score (nSPS) is 10.5.